The lowest BCUT2D eigenvalue weighted by atomic mass is 9.47. The van der Waals surface area contributed by atoms with Crippen LogP contribution in [0.2, 0.25) is 0 Å². The molecule has 0 aromatic carbocycles. The van der Waals surface area contributed by atoms with Gasteiger partial charge >= 0.3 is 0 Å². The highest BCUT2D eigenvalue weighted by Gasteiger charge is 2.55. The molecule has 0 saturated heterocycles. The minimum Gasteiger partial charge on any atom is -0.299 e. The highest BCUT2D eigenvalue weighted by molar-refractivity contribution is 5.87. The van der Waals surface area contributed by atoms with Gasteiger partial charge in [-0.3, -0.25) is 4.79 Å². The van der Waals surface area contributed by atoms with E-state index in [2.05, 4.69) is 40.3 Å². The van der Waals surface area contributed by atoms with Crippen LogP contribution < -0.4 is 0 Å². The van der Waals surface area contributed by atoms with Crippen molar-refractivity contribution in [1.29, 1.82) is 0 Å². The normalized spacial score (nSPS) is 42.3. The molecule has 3 atom stereocenters. The third-order valence-electron chi connectivity index (χ3n) is 6.82. The average molecular weight is 286 g/mol. The van der Waals surface area contributed by atoms with Crippen LogP contribution >= 0.6 is 0 Å². The first-order valence-corrected chi connectivity index (χ1v) is 8.60. The molecule has 0 aliphatic heterocycles. The zero-order valence-electron chi connectivity index (χ0n) is 14.2. The third-order valence-corrected chi connectivity index (χ3v) is 6.82. The summed E-state index contributed by atoms with van der Waals surface area (Å²) < 4.78 is 0. The maximum Gasteiger partial charge on any atom is 0.141 e. The molecule has 21 heavy (non-hydrogen) atoms. The summed E-state index contributed by atoms with van der Waals surface area (Å²) in [4.78, 5) is 12.9. The molecule has 0 radical (unpaired) electrons. The predicted octanol–water partition coefficient (Wildman–Crippen LogP) is 5.46. The summed E-state index contributed by atoms with van der Waals surface area (Å²) >= 11 is 0. The molecule has 0 aromatic rings. The molecule has 0 heterocycles. The van der Waals surface area contributed by atoms with Gasteiger partial charge in [0.1, 0.15) is 5.78 Å². The number of rotatable bonds is 1. The van der Waals surface area contributed by atoms with Gasteiger partial charge in [-0.15, -0.1) is 6.58 Å². The lowest BCUT2D eigenvalue weighted by molar-refractivity contribution is -0.135. The van der Waals surface area contributed by atoms with Crippen LogP contribution in [-0.2, 0) is 4.79 Å². The van der Waals surface area contributed by atoms with Gasteiger partial charge in [-0.25, -0.2) is 0 Å². The summed E-state index contributed by atoms with van der Waals surface area (Å²) in [5.74, 6) is 0.750. The molecule has 1 saturated carbocycles. The van der Waals surface area contributed by atoms with Crippen molar-refractivity contribution in [3.63, 3.8) is 0 Å². The Bertz CT molecular complexity index is 524. The van der Waals surface area contributed by atoms with Gasteiger partial charge in [-0.2, -0.15) is 0 Å². The molecule has 1 nitrogen and oxygen atoms in total. The fraction of sp³-hybridized carbons (Fsp3) is 0.750. The summed E-state index contributed by atoms with van der Waals surface area (Å²) in [6, 6.07) is 0. The SMILES string of the molecule is C=C[C@@]1(C)CCC2=C(CC(=O)[C@H]3C(C)(C)CCC[C@]23C)C1. The van der Waals surface area contributed by atoms with Crippen LogP contribution in [0.1, 0.15) is 72.6 Å². The van der Waals surface area contributed by atoms with E-state index in [1.807, 2.05) is 0 Å². The van der Waals surface area contributed by atoms with Crippen molar-refractivity contribution in [3.8, 4) is 0 Å². The van der Waals surface area contributed by atoms with E-state index in [9.17, 15) is 4.79 Å². The van der Waals surface area contributed by atoms with Crippen LogP contribution in [0.15, 0.2) is 23.8 Å². The molecule has 0 spiro atoms. The van der Waals surface area contributed by atoms with E-state index in [0.717, 1.165) is 6.42 Å². The van der Waals surface area contributed by atoms with Crippen molar-refractivity contribution in [2.75, 3.05) is 0 Å². The molecule has 0 unspecified atom stereocenters. The maximum absolute atomic E-state index is 12.9. The second-order valence-corrected chi connectivity index (χ2v) is 8.95. The summed E-state index contributed by atoms with van der Waals surface area (Å²) in [5, 5.41) is 0. The molecule has 3 aliphatic carbocycles. The maximum atomic E-state index is 12.9. The Morgan fingerprint density at radius 3 is 2.52 bits per heavy atom. The van der Waals surface area contributed by atoms with Crippen LogP contribution in [0.25, 0.3) is 0 Å². The van der Waals surface area contributed by atoms with E-state index in [0.29, 0.717) is 12.2 Å². The largest absolute Gasteiger partial charge is 0.299 e. The zero-order chi connectivity index (χ0) is 15.5. The Labute approximate surface area is 129 Å². The van der Waals surface area contributed by atoms with Gasteiger partial charge in [0, 0.05) is 12.3 Å². The van der Waals surface area contributed by atoms with Gasteiger partial charge in [0.25, 0.3) is 0 Å². The van der Waals surface area contributed by atoms with Crippen LogP contribution in [-0.4, -0.2) is 5.78 Å². The van der Waals surface area contributed by atoms with Crippen LogP contribution in [0.4, 0.5) is 0 Å². The molecule has 1 heteroatoms. The summed E-state index contributed by atoms with van der Waals surface area (Å²) in [6.07, 6.45) is 9.93. The Balaban J connectivity index is 2.06. The summed E-state index contributed by atoms with van der Waals surface area (Å²) in [5.41, 5.74) is 3.62. The Kier molecular flexibility index (Phi) is 3.28. The number of hydrogen-bond donors (Lipinski definition) is 0. The number of hydrogen-bond acceptors (Lipinski definition) is 1. The van der Waals surface area contributed by atoms with Gasteiger partial charge in [0.15, 0.2) is 0 Å². The van der Waals surface area contributed by atoms with E-state index >= 15 is 0 Å². The number of fused-ring (bicyclic) bond motifs is 2. The van der Waals surface area contributed by atoms with Gasteiger partial charge in [-0.05, 0) is 48.3 Å². The second-order valence-electron chi connectivity index (χ2n) is 8.95. The summed E-state index contributed by atoms with van der Waals surface area (Å²) in [6.45, 7) is 13.3. The van der Waals surface area contributed by atoms with Crippen molar-refractivity contribution in [3.05, 3.63) is 23.8 Å². The van der Waals surface area contributed by atoms with E-state index < -0.39 is 0 Å². The van der Waals surface area contributed by atoms with E-state index in [4.69, 9.17) is 0 Å². The van der Waals surface area contributed by atoms with Crippen LogP contribution in [0, 0.1) is 22.2 Å². The topological polar surface area (TPSA) is 17.1 Å². The Morgan fingerprint density at radius 1 is 1.14 bits per heavy atom. The number of allylic oxidation sites excluding steroid dienone is 3. The molecular weight excluding hydrogens is 256 g/mol. The fourth-order valence-electron chi connectivity index (χ4n) is 5.79. The number of carbonyl (C=O) groups excluding carboxylic acids is 1. The van der Waals surface area contributed by atoms with E-state index in [-0.39, 0.29) is 22.2 Å². The first-order valence-electron chi connectivity index (χ1n) is 8.60. The number of carbonyl (C=O) groups is 1. The van der Waals surface area contributed by atoms with Crippen molar-refractivity contribution in [1.82, 2.24) is 0 Å². The average Bonchev–Trinajstić information content (AvgIpc) is 2.36. The Hall–Kier alpha value is -0.850. The molecule has 3 aliphatic rings. The van der Waals surface area contributed by atoms with Crippen molar-refractivity contribution < 1.29 is 4.79 Å². The minimum absolute atomic E-state index is 0.134. The molecule has 0 N–H and O–H groups in total. The first kappa shape index (κ1) is 15.1. The molecular formula is C20H30O. The smallest absolute Gasteiger partial charge is 0.141 e. The number of Topliss-reactive ketones (excluding diaryl/α,β-unsaturated/α-hetero) is 1. The minimum atomic E-state index is 0.134. The molecule has 0 amide bonds. The van der Waals surface area contributed by atoms with Crippen LogP contribution in [0.5, 0.6) is 0 Å². The highest BCUT2D eigenvalue weighted by Crippen LogP contribution is 2.61. The lowest BCUT2D eigenvalue weighted by Gasteiger charge is -2.56. The van der Waals surface area contributed by atoms with E-state index in [1.165, 1.54) is 37.7 Å². The molecule has 3 rings (SSSR count). The van der Waals surface area contributed by atoms with E-state index in [1.54, 1.807) is 5.57 Å². The predicted molar refractivity (Wildman–Crippen MR) is 88.0 cm³/mol. The molecule has 1 fully saturated rings. The standard InChI is InChI=1S/C20H30O/c1-6-19(4)11-8-15-14(13-19)12-16(21)17-18(2,3)9-7-10-20(15,17)5/h6,17H,1,7-13H2,2-5H3/t17-,19-,20+/m0/s1. The lowest BCUT2D eigenvalue weighted by Crippen LogP contribution is -2.51. The van der Waals surface area contributed by atoms with Gasteiger partial charge in [0.05, 0.1) is 0 Å². The van der Waals surface area contributed by atoms with Gasteiger partial charge in [0.2, 0.25) is 0 Å². The molecule has 0 aromatic heterocycles. The van der Waals surface area contributed by atoms with Crippen molar-refractivity contribution >= 4 is 5.78 Å². The quantitative estimate of drug-likeness (QED) is 0.585. The number of ketones is 1. The molecule has 0 bridgehead atoms. The van der Waals surface area contributed by atoms with Crippen molar-refractivity contribution in [2.45, 2.75) is 72.6 Å². The summed E-state index contributed by atoms with van der Waals surface area (Å²) in [7, 11) is 0. The van der Waals surface area contributed by atoms with Gasteiger partial charge < -0.3 is 0 Å². The zero-order valence-corrected chi connectivity index (χ0v) is 14.2. The van der Waals surface area contributed by atoms with Gasteiger partial charge in [-0.1, -0.05) is 51.3 Å². The fourth-order valence-corrected chi connectivity index (χ4v) is 5.79. The van der Waals surface area contributed by atoms with Crippen LogP contribution in [0.3, 0.4) is 0 Å². The second kappa shape index (κ2) is 4.57. The Morgan fingerprint density at radius 2 is 1.86 bits per heavy atom. The highest BCUT2D eigenvalue weighted by atomic mass is 16.1. The molecule has 116 valence electrons. The third kappa shape index (κ3) is 2.15. The monoisotopic (exact) mass is 286 g/mol. The first-order chi connectivity index (χ1) is 9.72. The van der Waals surface area contributed by atoms with Crippen molar-refractivity contribution in [2.24, 2.45) is 22.2 Å².